The van der Waals surface area contributed by atoms with Crippen molar-refractivity contribution in [2.45, 2.75) is 26.0 Å². The maximum absolute atomic E-state index is 12.4. The highest BCUT2D eigenvalue weighted by Gasteiger charge is 2.25. The van der Waals surface area contributed by atoms with Gasteiger partial charge in [-0.05, 0) is 31.0 Å². The van der Waals surface area contributed by atoms with Crippen LogP contribution in [0.2, 0.25) is 0 Å². The second-order valence-electron chi connectivity index (χ2n) is 5.98. The highest BCUT2D eigenvalue weighted by Crippen LogP contribution is 2.18. The Hall–Kier alpha value is -1.72. The number of hydrogen-bond acceptors (Lipinski definition) is 4. The van der Waals surface area contributed by atoms with Gasteiger partial charge in [-0.25, -0.2) is 4.98 Å². The molecule has 1 N–H and O–H groups in total. The first-order valence-corrected chi connectivity index (χ1v) is 7.41. The molecule has 1 aliphatic rings. The molecular formula is C16H21N3O2. The van der Waals surface area contributed by atoms with E-state index in [9.17, 15) is 9.90 Å². The smallest absolute Gasteiger partial charge is 0.261 e. The van der Waals surface area contributed by atoms with E-state index in [2.05, 4.69) is 16.8 Å². The molecule has 0 amide bonds. The molecule has 0 radical (unpaired) electrons. The second-order valence-corrected chi connectivity index (χ2v) is 5.98. The fraction of sp³-hybridized carbons (Fsp3) is 0.500. The summed E-state index contributed by atoms with van der Waals surface area (Å²) in [5.74, 6) is 1.09. The zero-order valence-corrected chi connectivity index (χ0v) is 12.5. The Morgan fingerprint density at radius 3 is 2.90 bits per heavy atom. The highest BCUT2D eigenvalue weighted by molar-refractivity contribution is 5.77. The van der Waals surface area contributed by atoms with Crippen LogP contribution in [0.4, 0.5) is 0 Å². The Balaban J connectivity index is 1.91. The normalized spacial score (nSPS) is 23.6. The van der Waals surface area contributed by atoms with Crippen molar-refractivity contribution in [1.29, 1.82) is 0 Å². The third kappa shape index (κ3) is 2.71. The van der Waals surface area contributed by atoms with E-state index in [1.165, 1.54) is 0 Å². The highest BCUT2D eigenvalue weighted by atomic mass is 16.3. The summed E-state index contributed by atoms with van der Waals surface area (Å²) in [6, 6.07) is 7.42. The molecule has 5 nitrogen and oxygen atoms in total. The molecule has 1 saturated heterocycles. The molecule has 0 saturated carbocycles. The van der Waals surface area contributed by atoms with Crippen molar-refractivity contribution in [1.82, 2.24) is 14.5 Å². The maximum Gasteiger partial charge on any atom is 0.261 e. The molecule has 1 aromatic carbocycles. The molecule has 21 heavy (non-hydrogen) atoms. The number of benzene rings is 1. The summed E-state index contributed by atoms with van der Waals surface area (Å²) in [6.07, 6.45) is 0.680. The number of rotatable bonds is 2. The lowest BCUT2D eigenvalue weighted by molar-refractivity contribution is 0.0245. The largest absolute Gasteiger partial charge is 0.392 e. The molecule has 112 valence electrons. The molecule has 2 unspecified atom stereocenters. The van der Waals surface area contributed by atoms with Crippen LogP contribution in [0.1, 0.15) is 19.2 Å². The molecule has 5 heteroatoms. The zero-order chi connectivity index (χ0) is 15.0. The van der Waals surface area contributed by atoms with Crippen LogP contribution in [0, 0.1) is 5.92 Å². The van der Waals surface area contributed by atoms with Gasteiger partial charge in [0.25, 0.3) is 5.56 Å². The van der Waals surface area contributed by atoms with Crippen LogP contribution in [-0.2, 0) is 13.6 Å². The van der Waals surface area contributed by atoms with Gasteiger partial charge in [0.15, 0.2) is 0 Å². The van der Waals surface area contributed by atoms with Crippen LogP contribution in [-0.4, -0.2) is 38.8 Å². The van der Waals surface area contributed by atoms with Gasteiger partial charge in [0.2, 0.25) is 0 Å². The molecule has 3 rings (SSSR count). The first kappa shape index (κ1) is 14.2. The Labute approximate surface area is 123 Å². The van der Waals surface area contributed by atoms with E-state index in [1.54, 1.807) is 17.7 Å². The van der Waals surface area contributed by atoms with E-state index in [0.717, 1.165) is 24.3 Å². The number of fused-ring (bicyclic) bond motifs is 1. The number of likely N-dealkylation sites (tertiary alicyclic amines) is 1. The van der Waals surface area contributed by atoms with Crippen molar-refractivity contribution >= 4 is 10.9 Å². The van der Waals surface area contributed by atoms with Gasteiger partial charge < -0.3 is 5.11 Å². The van der Waals surface area contributed by atoms with Crippen molar-refractivity contribution in [2.75, 3.05) is 13.1 Å². The van der Waals surface area contributed by atoms with Gasteiger partial charge in [0, 0.05) is 13.6 Å². The average molecular weight is 287 g/mol. The Morgan fingerprint density at radius 1 is 1.38 bits per heavy atom. The lowest BCUT2D eigenvalue weighted by atomic mass is 9.96. The Kier molecular flexibility index (Phi) is 3.78. The molecule has 1 fully saturated rings. The van der Waals surface area contributed by atoms with Gasteiger partial charge >= 0.3 is 0 Å². The number of β-amino-alcohol motifs (C(OH)–C–C–N with tert-alkyl or cyclic N) is 1. The number of aliphatic hydroxyl groups excluding tert-OH is 1. The molecule has 2 atom stereocenters. The van der Waals surface area contributed by atoms with Gasteiger partial charge in [-0.1, -0.05) is 19.1 Å². The topological polar surface area (TPSA) is 58.4 Å². The van der Waals surface area contributed by atoms with Gasteiger partial charge in [0.1, 0.15) is 5.82 Å². The Bertz CT molecular complexity index is 710. The summed E-state index contributed by atoms with van der Waals surface area (Å²) in [5, 5.41) is 10.6. The molecule has 0 spiro atoms. The minimum absolute atomic E-state index is 0.0125. The summed E-state index contributed by atoms with van der Waals surface area (Å²) >= 11 is 0. The van der Waals surface area contributed by atoms with Crippen molar-refractivity contribution in [3.8, 4) is 0 Å². The molecule has 1 aliphatic heterocycles. The number of aromatic nitrogens is 2. The van der Waals surface area contributed by atoms with Crippen LogP contribution in [0.15, 0.2) is 29.1 Å². The van der Waals surface area contributed by atoms with E-state index < -0.39 is 0 Å². The van der Waals surface area contributed by atoms with E-state index >= 15 is 0 Å². The minimum Gasteiger partial charge on any atom is -0.392 e. The van der Waals surface area contributed by atoms with Crippen molar-refractivity contribution in [3.63, 3.8) is 0 Å². The fourth-order valence-electron chi connectivity index (χ4n) is 2.86. The van der Waals surface area contributed by atoms with Gasteiger partial charge in [-0.3, -0.25) is 14.3 Å². The van der Waals surface area contributed by atoms with Crippen LogP contribution in [0.25, 0.3) is 10.9 Å². The van der Waals surface area contributed by atoms with Crippen LogP contribution >= 0.6 is 0 Å². The lowest BCUT2D eigenvalue weighted by Gasteiger charge is -2.34. The molecule has 0 aliphatic carbocycles. The number of para-hydroxylation sites is 1. The summed E-state index contributed by atoms with van der Waals surface area (Å²) < 4.78 is 1.62. The number of hydrogen-bond donors (Lipinski definition) is 1. The van der Waals surface area contributed by atoms with Crippen molar-refractivity contribution in [3.05, 3.63) is 40.4 Å². The SMILES string of the molecule is CC1CCN(Cc2nc3ccccc3c(=O)n2C)CC1O. The quantitative estimate of drug-likeness (QED) is 0.900. The molecular weight excluding hydrogens is 266 g/mol. The van der Waals surface area contributed by atoms with Crippen LogP contribution in [0.5, 0.6) is 0 Å². The predicted octanol–water partition coefficient (Wildman–Crippen LogP) is 1.14. The van der Waals surface area contributed by atoms with Gasteiger partial charge in [-0.2, -0.15) is 0 Å². The predicted molar refractivity (Wildman–Crippen MR) is 82.0 cm³/mol. The Morgan fingerprint density at radius 2 is 2.14 bits per heavy atom. The van der Waals surface area contributed by atoms with E-state index in [1.807, 2.05) is 18.2 Å². The third-order valence-electron chi connectivity index (χ3n) is 4.44. The maximum atomic E-state index is 12.4. The van der Waals surface area contributed by atoms with Crippen molar-refractivity contribution < 1.29 is 5.11 Å². The summed E-state index contributed by atoms with van der Waals surface area (Å²) in [6.45, 7) is 4.25. The fourth-order valence-corrected chi connectivity index (χ4v) is 2.86. The van der Waals surface area contributed by atoms with Crippen molar-refractivity contribution in [2.24, 2.45) is 13.0 Å². The summed E-state index contributed by atoms with van der Waals surface area (Å²) in [7, 11) is 1.76. The monoisotopic (exact) mass is 287 g/mol. The van der Waals surface area contributed by atoms with E-state index in [4.69, 9.17) is 0 Å². The second kappa shape index (κ2) is 5.58. The van der Waals surface area contributed by atoms with Gasteiger partial charge in [0.05, 0.1) is 23.6 Å². The minimum atomic E-state index is -0.295. The number of piperidine rings is 1. The first-order chi connectivity index (χ1) is 10.1. The molecule has 2 heterocycles. The molecule has 2 aromatic rings. The number of nitrogens with zero attached hydrogens (tertiary/aromatic N) is 3. The van der Waals surface area contributed by atoms with Crippen LogP contribution in [0.3, 0.4) is 0 Å². The molecule has 1 aromatic heterocycles. The zero-order valence-electron chi connectivity index (χ0n) is 12.5. The third-order valence-corrected chi connectivity index (χ3v) is 4.44. The summed E-state index contributed by atoms with van der Waals surface area (Å²) in [4.78, 5) is 19.1. The van der Waals surface area contributed by atoms with Gasteiger partial charge in [-0.15, -0.1) is 0 Å². The standard InChI is InChI=1S/C16H21N3O2/c1-11-7-8-19(9-14(11)20)10-15-17-13-6-4-3-5-12(13)16(21)18(15)2/h3-6,11,14,20H,7-10H2,1-2H3. The van der Waals surface area contributed by atoms with E-state index in [-0.39, 0.29) is 11.7 Å². The lowest BCUT2D eigenvalue weighted by Crippen LogP contribution is -2.43. The summed E-state index contributed by atoms with van der Waals surface area (Å²) in [5.41, 5.74) is 0.725. The average Bonchev–Trinajstić information content (AvgIpc) is 2.48. The van der Waals surface area contributed by atoms with E-state index in [0.29, 0.717) is 24.4 Å². The first-order valence-electron chi connectivity index (χ1n) is 7.41. The molecule has 0 bridgehead atoms. The van der Waals surface area contributed by atoms with Crippen LogP contribution < -0.4 is 5.56 Å². The number of aliphatic hydroxyl groups is 1.